The summed E-state index contributed by atoms with van der Waals surface area (Å²) in [7, 11) is 3.81. The molecule has 106 valence electrons. The van der Waals surface area contributed by atoms with Gasteiger partial charge in [-0.25, -0.2) is 0 Å². The SMILES string of the molecule is CSSCN1CCN(Cc2c(C)cccc2C)CC1. The fourth-order valence-corrected chi connectivity index (χ4v) is 3.80. The van der Waals surface area contributed by atoms with E-state index >= 15 is 0 Å². The Morgan fingerprint density at radius 3 is 2.16 bits per heavy atom. The largest absolute Gasteiger partial charge is 0.297 e. The molecule has 0 N–H and O–H groups in total. The molecule has 2 rings (SSSR count). The van der Waals surface area contributed by atoms with Crippen LogP contribution in [0.4, 0.5) is 0 Å². The quantitative estimate of drug-likeness (QED) is 0.768. The smallest absolute Gasteiger partial charge is 0.0549 e. The predicted octanol–water partition coefficient (Wildman–Crippen LogP) is 3.39. The molecular weight excluding hydrogens is 272 g/mol. The van der Waals surface area contributed by atoms with Gasteiger partial charge in [-0.05, 0) is 36.8 Å². The molecule has 0 atom stereocenters. The number of piperazine rings is 1. The first kappa shape index (κ1) is 15.2. The zero-order chi connectivity index (χ0) is 13.7. The van der Waals surface area contributed by atoms with Gasteiger partial charge in [-0.2, -0.15) is 0 Å². The van der Waals surface area contributed by atoms with E-state index in [2.05, 4.69) is 48.1 Å². The van der Waals surface area contributed by atoms with Crippen molar-refractivity contribution in [2.45, 2.75) is 20.4 Å². The minimum absolute atomic E-state index is 1.11. The lowest BCUT2D eigenvalue weighted by Crippen LogP contribution is -2.45. The van der Waals surface area contributed by atoms with E-state index in [0.717, 1.165) is 6.54 Å². The van der Waals surface area contributed by atoms with E-state index in [1.807, 2.05) is 21.6 Å². The van der Waals surface area contributed by atoms with Crippen LogP contribution in [0, 0.1) is 13.8 Å². The molecule has 0 aliphatic carbocycles. The Morgan fingerprint density at radius 2 is 1.58 bits per heavy atom. The van der Waals surface area contributed by atoms with Crippen LogP contribution in [0.3, 0.4) is 0 Å². The number of nitrogens with zero attached hydrogens (tertiary/aromatic N) is 2. The number of benzene rings is 1. The number of rotatable bonds is 5. The van der Waals surface area contributed by atoms with Crippen molar-refractivity contribution in [3.63, 3.8) is 0 Å². The van der Waals surface area contributed by atoms with Gasteiger partial charge >= 0.3 is 0 Å². The summed E-state index contributed by atoms with van der Waals surface area (Å²) in [5.74, 6) is 1.17. The number of hydrogen-bond acceptors (Lipinski definition) is 4. The third-order valence-electron chi connectivity index (χ3n) is 3.84. The van der Waals surface area contributed by atoms with Crippen molar-refractivity contribution in [2.24, 2.45) is 0 Å². The van der Waals surface area contributed by atoms with Crippen molar-refractivity contribution in [3.8, 4) is 0 Å². The van der Waals surface area contributed by atoms with E-state index in [0.29, 0.717) is 0 Å². The number of aryl methyl sites for hydroxylation is 2. The molecule has 1 fully saturated rings. The summed E-state index contributed by atoms with van der Waals surface area (Å²) in [6, 6.07) is 6.62. The van der Waals surface area contributed by atoms with Crippen LogP contribution in [0.5, 0.6) is 0 Å². The van der Waals surface area contributed by atoms with Crippen molar-refractivity contribution in [3.05, 3.63) is 34.9 Å². The van der Waals surface area contributed by atoms with Crippen molar-refractivity contribution in [1.82, 2.24) is 9.80 Å². The van der Waals surface area contributed by atoms with Gasteiger partial charge in [-0.3, -0.25) is 9.80 Å². The monoisotopic (exact) mass is 296 g/mol. The van der Waals surface area contributed by atoms with E-state index in [1.165, 1.54) is 48.7 Å². The average molecular weight is 297 g/mol. The molecule has 0 radical (unpaired) electrons. The molecule has 0 bridgehead atoms. The highest BCUT2D eigenvalue weighted by Gasteiger charge is 2.17. The molecule has 1 aromatic rings. The van der Waals surface area contributed by atoms with Gasteiger partial charge in [0.05, 0.1) is 5.88 Å². The second-order valence-corrected chi connectivity index (χ2v) is 7.71. The fourth-order valence-electron chi connectivity index (χ4n) is 2.53. The van der Waals surface area contributed by atoms with E-state index in [-0.39, 0.29) is 0 Å². The average Bonchev–Trinajstić information content (AvgIpc) is 2.42. The summed E-state index contributed by atoms with van der Waals surface area (Å²) in [4.78, 5) is 5.15. The minimum atomic E-state index is 1.11. The highest BCUT2D eigenvalue weighted by atomic mass is 33.1. The Morgan fingerprint density at radius 1 is 1.00 bits per heavy atom. The summed E-state index contributed by atoms with van der Waals surface area (Å²) >= 11 is 0. The Balaban J connectivity index is 1.85. The molecule has 0 aromatic heterocycles. The molecule has 19 heavy (non-hydrogen) atoms. The topological polar surface area (TPSA) is 6.48 Å². The molecule has 1 aliphatic heterocycles. The fraction of sp³-hybridized carbons (Fsp3) is 0.600. The molecule has 1 aliphatic rings. The van der Waals surface area contributed by atoms with Gasteiger partial charge in [0.15, 0.2) is 0 Å². The molecule has 1 aromatic carbocycles. The van der Waals surface area contributed by atoms with Crippen LogP contribution in [0.1, 0.15) is 16.7 Å². The first-order valence-electron chi connectivity index (χ1n) is 6.86. The lowest BCUT2D eigenvalue weighted by Gasteiger charge is -2.34. The maximum Gasteiger partial charge on any atom is 0.0549 e. The van der Waals surface area contributed by atoms with E-state index in [4.69, 9.17) is 0 Å². The van der Waals surface area contributed by atoms with E-state index in [1.54, 1.807) is 0 Å². The minimum Gasteiger partial charge on any atom is -0.297 e. The van der Waals surface area contributed by atoms with Gasteiger partial charge in [-0.15, -0.1) is 0 Å². The zero-order valence-corrected chi connectivity index (χ0v) is 13.8. The van der Waals surface area contributed by atoms with Gasteiger partial charge in [0, 0.05) is 32.7 Å². The molecular formula is C15H24N2S2. The third-order valence-corrected chi connectivity index (χ3v) is 5.57. The van der Waals surface area contributed by atoms with Crippen LogP contribution < -0.4 is 0 Å². The van der Waals surface area contributed by atoms with Crippen LogP contribution >= 0.6 is 21.6 Å². The van der Waals surface area contributed by atoms with Crippen LogP contribution in [0.15, 0.2) is 18.2 Å². The second kappa shape index (κ2) is 7.58. The lowest BCUT2D eigenvalue weighted by atomic mass is 10.0. The zero-order valence-electron chi connectivity index (χ0n) is 12.2. The van der Waals surface area contributed by atoms with Crippen molar-refractivity contribution in [1.29, 1.82) is 0 Å². The van der Waals surface area contributed by atoms with Crippen molar-refractivity contribution >= 4 is 21.6 Å². The van der Waals surface area contributed by atoms with Gasteiger partial charge in [-0.1, -0.05) is 39.8 Å². The van der Waals surface area contributed by atoms with Crippen LogP contribution in [0.25, 0.3) is 0 Å². The first-order chi connectivity index (χ1) is 9.20. The summed E-state index contributed by atoms with van der Waals surface area (Å²) in [6.07, 6.45) is 2.15. The molecule has 4 heteroatoms. The molecule has 1 saturated heterocycles. The Bertz CT molecular complexity index is 381. The van der Waals surface area contributed by atoms with Crippen molar-refractivity contribution in [2.75, 3.05) is 38.3 Å². The van der Waals surface area contributed by atoms with Gasteiger partial charge in [0.25, 0.3) is 0 Å². The molecule has 1 heterocycles. The van der Waals surface area contributed by atoms with E-state index < -0.39 is 0 Å². The summed E-state index contributed by atoms with van der Waals surface area (Å²) < 4.78 is 0. The Hall–Kier alpha value is -0.160. The predicted molar refractivity (Wildman–Crippen MR) is 88.7 cm³/mol. The Kier molecular flexibility index (Phi) is 6.07. The normalized spacial score (nSPS) is 17.8. The van der Waals surface area contributed by atoms with Crippen molar-refractivity contribution < 1.29 is 0 Å². The van der Waals surface area contributed by atoms with E-state index in [9.17, 15) is 0 Å². The lowest BCUT2D eigenvalue weighted by molar-refractivity contribution is 0.143. The third kappa shape index (κ3) is 4.42. The first-order valence-corrected chi connectivity index (χ1v) is 9.59. The van der Waals surface area contributed by atoms with Gasteiger partial charge < -0.3 is 0 Å². The number of hydrogen-bond donors (Lipinski definition) is 0. The second-order valence-electron chi connectivity index (χ2n) is 5.18. The maximum absolute atomic E-state index is 2.59. The maximum atomic E-state index is 2.59. The standard InChI is InChI=1S/C15H24N2S2/c1-13-5-4-6-14(2)15(13)11-16-7-9-17(10-8-16)12-19-18-3/h4-6H,7-12H2,1-3H3. The van der Waals surface area contributed by atoms with Gasteiger partial charge in [0.1, 0.15) is 0 Å². The molecule has 0 saturated carbocycles. The summed E-state index contributed by atoms with van der Waals surface area (Å²) in [5, 5.41) is 0. The molecule has 0 spiro atoms. The summed E-state index contributed by atoms with van der Waals surface area (Å²) in [6.45, 7) is 10.4. The summed E-state index contributed by atoms with van der Waals surface area (Å²) in [5.41, 5.74) is 4.38. The van der Waals surface area contributed by atoms with Crippen LogP contribution in [0.2, 0.25) is 0 Å². The van der Waals surface area contributed by atoms with Gasteiger partial charge in [0.2, 0.25) is 0 Å². The molecule has 0 unspecified atom stereocenters. The van der Waals surface area contributed by atoms with Crippen LogP contribution in [-0.4, -0.2) is 48.1 Å². The highest BCUT2D eigenvalue weighted by molar-refractivity contribution is 8.76. The molecule has 2 nitrogen and oxygen atoms in total. The molecule has 0 amide bonds. The highest BCUT2D eigenvalue weighted by Crippen LogP contribution is 2.20. The Labute approximate surface area is 125 Å². The van der Waals surface area contributed by atoms with Crippen LogP contribution in [-0.2, 0) is 6.54 Å².